The first-order chi connectivity index (χ1) is 8.19. The lowest BCUT2D eigenvalue weighted by Gasteiger charge is -2.10. The normalized spacial score (nSPS) is 10.0. The number of carbonyl (C=O) groups excluding carboxylic acids is 1. The third-order valence-corrected chi connectivity index (χ3v) is 2.45. The number of hydrogen-bond donors (Lipinski definition) is 4. The van der Waals surface area contributed by atoms with Gasteiger partial charge in [-0.3, -0.25) is 4.79 Å². The van der Waals surface area contributed by atoms with Gasteiger partial charge in [0.1, 0.15) is 0 Å². The second-order valence-corrected chi connectivity index (χ2v) is 3.77. The molecule has 0 aliphatic heterocycles. The van der Waals surface area contributed by atoms with Crippen molar-refractivity contribution in [2.75, 3.05) is 38.2 Å². The van der Waals surface area contributed by atoms with Crippen LogP contribution in [0.2, 0.25) is 0 Å². The average Bonchev–Trinajstić information content (AvgIpc) is 2.34. The molecular formula is C12H20N4O. The van der Waals surface area contributed by atoms with Gasteiger partial charge < -0.3 is 21.7 Å². The van der Waals surface area contributed by atoms with E-state index in [4.69, 9.17) is 5.73 Å². The molecule has 0 saturated heterocycles. The Labute approximate surface area is 102 Å². The molecule has 17 heavy (non-hydrogen) atoms. The molecule has 0 aliphatic rings. The van der Waals surface area contributed by atoms with Crippen LogP contribution in [-0.2, 0) is 0 Å². The van der Waals surface area contributed by atoms with Crippen LogP contribution in [-0.4, -0.2) is 33.1 Å². The Hall–Kier alpha value is -1.75. The highest BCUT2D eigenvalue weighted by molar-refractivity contribution is 6.00. The molecule has 0 bridgehead atoms. The van der Waals surface area contributed by atoms with Gasteiger partial charge in [-0.05, 0) is 38.2 Å². The van der Waals surface area contributed by atoms with Crippen molar-refractivity contribution in [1.82, 2.24) is 10.6 Å². The summed E-state index contributed by atoms with van der Waals surface area (Å²) in [6, 6.07) is 5.25. The Morgan fingerprint density at radius 2 is 2.06 bits per heavy atom. The molecule has 1 rings (SSSR count). The minimum absolute atomic E-state index is 0.0993. The van der Waals surface area contributed by atoms with Gasteiger partial charge in [-0.25, -0.2) is 0 Å². The quantitative estimate of drug-likeness (QED) is 0.432. The lowest BCUT2D eigenvalue weighted by molar-refractivity contribution is 0.0954. The van der Waals surface area contributed by atoms with E-state index in [2.05, 4.69) is 16.0 Å². The number of nitrogens with two attached hydrogens (primary N) is 1. The summed E-state index contributed by atoms with van der Waals surface area (Å²) in [6.07, 6.45) is 0.902. The van der Waals surface area contributed by atoms with Crippen molar-refractivity contribution in [1.29, 1.82) is 0 Å². The summed E-state index contributed by atoms with van der Waals surface area (Å²) in [4.78, 5) is 11.9. The second-order valence-electron chi connectivity index (χ2n) is 3.77. The van der Waals surface area contributed by atoms with E-state index >= 15 is 0 Å². The molecule has 0 spiro atoms. The summed E-state index contributed by atoms with van der Waals surface area (Å²) >= 11 is 0. The van der Waals surface area contributed by atoms with Crippen LogP contribution in [0.4, 0.5) is 11.4 Å². The van der Waals surface area contributed by atoms with Crippen molar-refractivity contribution < 1.29 is 4.79 Å². The van der Waals surface area contributed by atoms with Crippen LogP contribution in [0.5, 0.6) is 0 Å². The molecule has 1 amide bonds. The van der Waals surface area contributed by atoms with E-state index in [1.165, 1.54) is 0 Å². The molecule has 0 unspecified atom stereocenters. The van der Waals surface area contributed by atoms with Crippen LogP contribution in [0.3, 0.4) is 0 Å². The minimum Gasteiger partial charge on any atom is -0.399 e. The van der Waals surface area contributed by atoms with Crippen molar-refractivity contribution in [2.24, 2.45) is 0 Å². The number of anilines is 2. The Morgan fingerprint density at radius 3 is 2.71 bits per heavy atom. The Balaban J connectivity index is 2.64. The van der Waals surface area contributed by atoms with Gasteiger partial charge in [0.2, 0.25) is 0 Å². The fourth-order valence-corrected chi connectivity index (χ4v) is 1.53. The number of nitrogen functional groups attached to an aromatic ring is 1. The summed E-state index contributed by atoms with van der Waals surface area (Å²) in [7, 11) is 3.67. The molecule has 0 atom stereocenters. The SMILES string of the molecule is CNCCCNC(=O)c1cc(N)ccc1NC. The van der Waals surface area contributed by atoms with E-state index < -0.39 is 0 Å². The maximum absolute atomic E-state index is 11.9. The zero-order chi connectivity index (χ0) is 12.7. The first kappa shape index (κ1) is 13.3. The lowest BCUT2D eigenvalue weighted by atomic mass is 10.1. The molecule has 0 saturated carbocycles. The molecule has 5 heteroatoms. The van der Waals surface area contributed by atoms with E-state index in [0.29, 0.717) is 17.8 Å². The average molecular weight is 236 g/mol. The van der Waals surface area contributed by atoms with Crippen LogP contribution in [0.1, 0.15) is 16.8 Å². The number of nitrogens with one attached hydrogen (secondary N) is 3. The monoisotopic (exact) mass is 236 g/mol. The van der Waals surface area contributed by atoms with Crippen molar-refractivity contribution in [3.8, 4) is 0 Å². The van der Waals surface area contributed by atoms with Gasteiger partial charge in [0, 0.05) is 25.0 Å². The highest BCUT2D eigenvalue weighted by Crippen LogP contribution is 2.18. The van der Waals surface area contributed by atoms with Crippen LogP contribution >= 0.6 is 0 Å². The minimum atomic E-state index is -0.0993. The van der Waals surface area contributed by atoms with Gasteiger partial charge in [-0.1, -0.05) is 0 Å². The van der Waals surface area contributed by atoms with E-state index in [1.54, 1.807) is 25.2 Å². The predicted octanol–water partition coefficient (Wildman–Crippen LogP) is 0.650. The molecule has 5 nitrogen and oxygen atoms in total. The van der Waals surface area contributed by atoms with E-state index in [0.717, 1.165) is 18.7 Å². The van der Waals surface area contributed by atoms with Gasteiger partial charge in [0.05, 0.1) is 5.56 Å². The Bertz CT molecular complexity index is 379. The van der Waals surface area contributed by atoms with Crippen LogP contribution < -0.4 is 21.7 Å². The van der Waals surface area contributed by atoms with Crippen LogP contribution in [0, 0.1) is 0 Å². The van der Waals surface area contributed by atoms with Crippen LogP contribution in [0.25, 0.3) is 0 Å². The van der Waals surface area contributed by atoms with Gasteiger partial charge in [0.25, 0.3) is 5.91 Å². The maximum Gasteiger partial charge on any atom is 0.253 e. The number of amides is 1. The van der Waals surface area contributed by atoms with Crippen molar-refractivity contribution in [3.05, 3.63) is 23.8 Å². The van der Waals surface area contributed by atoms with Gasteiger partial charge in [-0.15, -0.1) is 0 Å². The summed E-state index contributed by atoms with van der Waals surface area (Å²) in [5.74, 6) is -0.0993. The highest BCUT2D eigenvalue weighted by atomic mass is 16.1. The largest absolute Gasteiger partial charge is 0.399 e. The maximum atomic E-state index is 11.9. The van der Waals surface area contributed by atoms with Gasteiger partial charge >= 0.3 is 0 Å². The van der Waals surface area contributed by atoms with Crippen LogP contribution in [0.15, 0.2) is 18.2 Å². The molecule has 0 aliphatic carbocycles. The van der Waals surface area contributed by atoms with E-state index in [9.17, 15) is 4.79 Å². The molecule has 5 N–H and O–H groups in total. The van der Waals surface area contributed by atoms with Crippen molar-refractivity contribution >= 4 is 17.3 Å². The predicted molar refractivity (Wildman–Crippen MR) is 71.3 cm³/mol. The lowest BCUT2D eigenvalue weighted by Crippen LogP contribution is -2.27. The number of benzene rings is 1. The number of carbonyl (C=O) groups is 1. The Kier molecular flexibility index (Phi) is 5.29. The van der Waals surface area contributed by atoms with Crippen molar-refractivity contribution in [3.63, 3.8) is 0 Å². The smallest absolute Gasteiger partial charge is 0.253 e. The zero-order valence-corrected chi connectivity index (χ0v) is 10.3. The topological polar surface area (TPSA) is 79.2 Å². The molecule has 0 aromatic heterocycles. The first-order valence-electron chi connectivity index (χ1n) is 5.69. The molecule has 1 aromatic rings. The molecule has 0 fully saturated rings. The summed E-state index contributed by atoms with van der Waals surface area (Å²) in [5, 5.41) is 8.87. The summed E-state index contributed by atoms with van der Waals surface area (Å²) in [6.45, 7) is 1.54. The molecule has 94 valence electrons. The fourth-order valence-electron chi connectivity index (χ4n) is 1.53. The summed E-state index contributed by atoms with van der Waals surface area (Å²) in [5.41, 5.74) is 7.63. The molecule has 0 heterocycles. The van der Waals surface area contributed by atoms with Gasteiger partial charge in [0.15, 0.2) is 0 Å². The number of hydrogen-bond acceptors (Lipinski definition) is 4. The van der Waals surface area contributed by atoms with E-state index in [1.807, 2.05) is 7.05 Å². The summed E-state index contributed by atoms with van der Waals surface area (Å²) < 4.78 is 0. The standard InChI is InChI=1S/C12H20N4O/c1-14-6-3-7-16-12(17)10-8-9(13)4-5-11(10)15-2/h4-5,8,14-15H,3,6-7,13H2,1-2H3,(H,16,17). The molecular weight excluding hydrogens is 216 g/mol. The van der Waals surface area contributed by atoms with E-state index in [-0.39, 0.29) is 5.91 Å². The number of rotatable bonds is 6. The molecule has 0 radical (unpaired) electrons. The van der Waals surface area contributed by atoms with Gasteiger partial charge in [-0.2, -0.15) is 0 Å². The zero-order valence-electron chi connectivity index (χ0n) is 10.3. The first-order valence-corrected chi connectivity index (χ1v) is 5.69. The third kappa shape index (κ3) is 3.96. The van der Waals surface area contributed by atoms with Crippen molar-refractivity contribution in [2.45, 2.75) is 6.42 Å². The Morgan fingerprint density at radius 1 is 1.29 bits per heavy atom. The third-order valence-electron chi connectivity index (χ3n) is 2.45. The molecule has 1 aromatic carbocycles. The second kappa shape index (κ2) is 6.75. The highest BCUT2D eigenvalue weighted by Gasteiger charge is 2.10. The fraction of sp³-hybridized carbons (Fsp3) is 0.417.